The van der Waals surface area contributed by atoms with Gasteiger partial charge in [-0.1, -0.05) is 41.9 Å². The van der Waals surface area contributed by atoms with Gasteiger partial charge in [0.05, 0.1) is 6.54 Å². The summed E-state index contributed by atoms with van der Waals surface area (Å²) in [5.41, 5.74) is 2.90. The number of carbonyl (C=O) groups is 2. The molecule has 126 valence electrons. The number of aromatic amines is 1. The van der Waals surface area contributed by atoms with E-state index >= 15 is 0 Å². The Morgan fingerprint density at radius 1 is 1.04 bits per heavy atom. The normalized spacial score (nSPS) is 17.3. The van der Waals surface area contributed by atoms with E-state index in [0.717, 1.165) is 22.0 Å². The Bertz CT molecular complexity index is 949. The van der Waals surface area contributed by atoms with Gasteiger partial charge >= 0.3 is 6.03 Å². The van der Waals surface area contributed by atoms with Crippen molar-refractivity contribution >= 4 is 34.4 Å². The largest absolute Gasteiger partial charge is 0.361 e. The first-order valence-corrected chi connectivity index (χ1v) is 8.41. The van der Waals surface area contributed by atoms with Gasteiger partial charge in [0, 0.05) is 28.5 Å². The lowest BCUT2D eigenvalue weighted by Crippen LogP contribution is -2.32. The van der Waals surface area contributed by atoms with Crippen molar-refractivity contribution in [1.82, 2.24) is 15.2 Å². The fraction of sp³-hybridized carbons (Fsp3) is 0.158. The summed E-state index contributed by atoms with van der Waals surface area (Å²) in [6.45, 7) is 0.242. The van der Waals surface area contributed by atoms with Crippen molar-refractivity contribution in [2.75, 3.05) is 0 Å². The van der Waals surface area contributed by atoms with Crippen molar-refractivity contribution < 1.29 is 9.59 Å². The van der Waals surface area contributed by atoms with Crippen LogP contribution in [0.1, 0.15) is 11.1 Å². The van der Waals surface area contributed by atoms with Gasteiger partial charge in [0.25, 0.3) is 5.91 Å². The van der Waals surface area contributed by atoms with Crippen LogP contribution in [0.25, 0.3) is 10.9 Å². The van der Waals surface area contributed by atoms with Gasteiger partial charge in [-0.2, -0.15) is 0 Å². The van der Waals surface area contributed by atoms with Crippen LogP contribution in [0.2, 0.25) is 5.02 Å². The summed E-state index contributed by atoms with van der Waals surface area (Å²) in [6.07, 6.45) is 2.36. The second kappa shape index (κ2) is 6.26. The number of benzene rings is 2. The molecule has 6 heteroatoms. The molecule has 4 rings (SSSR count). The standard InChI is InChI=1S/C19H16ClN3O2/c20-14-7-5-12(6-8-14)11-23-18(24)17(22-19(23)25)9-13-10-21-16-4-2-1-3-15(13)16/h1-8,10,17,21H,9,11H2,(H,22,25). The first-order valence-electron chi connectivity index (χ1n) is 8.03. The molecule has 1 saturated heterocycles. The van der Waals surface area contributed by atoms with Crippen LogP contribution >= 0.6 is 11.6 Å². The van der Waals surface area contributed by atoms with E-state index < -0.39 is 6.04 Å². The lowest BCUT2D eigenvalue weighted by atomic mass is 10.0. The molecular weight excluding hydrogens is 338 g/mol. The number of imide groups is 1. The summed E-state index contributed by atoms with van der Waals surface area (Å²) < 4.78 is 0. The number of nitrogens with one attached hydrogen (secondary N) is 2. The molecule has 0 saturated carbocycles. The van der Waals surface area contributed by atoms with Crippen molar-refractivity contribution in [3.8, 4) is 0 Å². The number of rotatable bonds is 4. The van der Waals surface area contributed by atoms with Gasteiger partial charge in [0.1, 0.15) is 6.04 Å². The van der Waals surface area contributed by atoms with E-state index in [0.29, 0.717) is 11.4 Å². The van der Waals surface area contributed by atoms with Gasteiger partial charge in [-0.05, 0) is 29.3 Å². The molecule has 1 unspecified atom stereocenters. The Morgan fingerprint density at radius 3 is 2.60 bits per heavy atom. The van der Waals surface area contributed by atoms with Crippen molar-refractivity contribution in [2.24, 2.45) is 0 Å². The van der Waals surface area contributed by atoms with Crippen molar-refractivity contribution in [3.63, 3.8) is 0 Å². The van der Waals surface area contributed by atoms with E-state index in [-0.39, 0.29) is 18.5 Å². The maximum Gasteiger partial charge on any atom is 0.325 e. The first kappa shape index (κ1) is 15.7. The lowest BCUT2D eigenvalue weighted by molar-refractivity contribution is -0.127. The minimum Gasteiger partial charge on any atom is -0.361 e. The van der Waals surface area contributed by atoms with Gasteiger partial charge < -0.3 is 10.3 Å². The third kappa shape index (κ3) is 2.98. The molecular formula is C19H16ClN3O2. The molecule has 1 aliphatic heterocycles. The monoisotopic (exact) mass is 353 g/mol. The zero-order chi connectivity index (χ0) is 17.4. The zero-order valence-corrected chi connectivity index (χ0v) is 14.1. The van der Waals surface area contributed by atoms with E-state index in [4.69, 9.17) is 11.6 Å². The zero-order valence-electron chi connectivity index (χ0n) is 13.3. The number of para-hydroxylation sites is 1. The third-order valence-corrected chi connectivity index (χ3v) is 4.71. The fourth-order valence-corrected chi connectivity index (χ4v) is 3.28. The minimum absolute atomic E-state index is 0.203. The molecule has 2 heterocycles. The van der Waals surface area contributed by atoms with E-state index in [1.807, 2.05) is 42.6 Å². The highest BCUT2D eigenvalue weighted by Crippen LogP contribution is 2.22. The minimum atomic E-state index is -0.543. The Kier molecular flexibility index (Phi) is 3.93. The molecule has 2 aromatic carbocycles. The molecule has 0 aliphatic carbocycles. The van der Waals surface area contributed by atoms with Crippen molar-refractivity contribution in [3.05, 3.63) is 70.9 Å². The molecule has 3 aromatic rings. The molecule has 0 spiro atoms. The predicted molar refractivity (Wildman–Crippen MR) is 96.3 cm³/mol. The number of fused-ring (bicyclic) bond motifs is 1. The van der Waals surface area contributed by atoms with E-state index in [2.05, 4.69) is 10.3 Å². The summed E-state index contributed by atoms with van der Waals surface area (Å²) in [5, 5.41) is 4.48. The van der Waals surface area contributed by atoms with Crippen LogP contribution in [-0.4, -0.2) is 27.9 Å². The van der Waals surface area contributed by atoms with Crippen LogP contribution in [0.5, 0.6) is 0 Å². The summed E-state index contributed by atoms with van der Waals surface area (Å²) in [5.74, 6) is -0.203. The number of amides is 3. The number of halogens is 1. The van der Waals surface area contributed by atoms with Crippen LogP contribution in [0.15, 0.2) is 54.7 Å². The maximum absolute atomic E-state index is 12.7. The van der Waals surface area contributed by atoms with Gasteiger partial charge in [0.15, 0.2) is 0 Å². The van der Waals surface area contributed by atoms with Crippen molar-refractivity contribution in [2.45, 2.75) is 19.0 Å². The summed E-state index contributed by atoms with van der Waals surface area (Å²) >= 11 is 5.87. The van der Waals surface area contributed by atoms with Crippen molar-refractivity contribution in [1.29, 1.82) is 0 Å². The molecule has 1 aromatic heterocycles. The summed E-state index contributed by atoms with van der Waals surface area (Å²) in [7, 11) is 0. The Hall–Kier alpha value is -2.79. The van der Waals surface area contributed by atoms with Gasteiger partial charge in [-0.15, -0.1) is 0 Å². The Morgan fingerprint density at radius 2 is 1.80 bits per heavy atom. The molecule has 0 radical (unpaired) electrons. The summed E-state index contributed by atoms with van der Waals surface area (Å²) in [6, 6.07) is 14.1. The topological polar surface area (TPSA) is 65.2 Å². The second-order valence-corrected chi connectivity index (χ2v) is 6.55. The smallest absolute Gasteiger partial charge is 0.325 e. The molecule has 1 fully saturated rings. The average molecular weight is 354 g/mol. The SMILES string of the molecule is O=C1NC(Cc2c[nH]c3ccccc23)C(=O)N1Cc1ccc(Cl)cc1. The molecule has 25 heavy (non-hydrogen) atoms. The number of hydrogen-bond acceptors (Lipinski definition) is 2. The van der Waals surface area contributed by atoms with E-state index in [9.17, 15) is 9.59 Å². The molecule has 5 nitrogen and oxygen atoms in total. The summed E-state index contributed by atoms with van der Waals surface area (Å²) in [4.78, 5) is 29.3. The highest BCUT2D eigenvalue weighted by molar-refractivity contribution is 6.30. The average Bonchev–Trinajstić information content (AvgIpc) is 3.14. The van der Waals surface area contributed by atoms with Gasteiger partial charge in [-0.25, -0.2) is 4.79 Å². The molecule has 3 amide bonds. The second-order valence-electron chi connectivity index (χ2n) is 6.12. The predicted octanol–water partition coefficient (Wildman–Crippen LogP) is 3.48. The van der Waals surface area contributed by atoms with Gasteiger partial charge in [0.2, 0.25) is 0 Å². The van der Waals surface area contributed by atoms with E-state index in [1.54, 1.807) is 12.1 Å². The number of aromatic nitrogens is 1. The van der Waals surface area contributed by atoms with Crippen LogP contribution in [-0.2, 0) is 17.8 Å². The maximum atomic E-state index is 12.7. The van der Waals surface area contributed by atoms with Crippen LogP contribution in [0.3, 0.4) is 0 Å². The van der Waals surface area contributed by atoms with Gasteiger partial charge in [-0.3, -0.25) is 9.69 Å². The number of nitrogens with zero attached hydrogens (tertiary/aromatic N) is 1. The third-order valence-electron chi connectivity index (χ3n) is 4.46. The number of H-pyrrole nitrogens is 1. The Balaban J connectivity index is 1.51. The van der Waals surface area contributed by atoms with Crippen LogP contribution in [0, 0.1) is 0 Å². The molecule has 2 N–H and O–H groups in total. The Labute approximate surface area is 149 Å². The van der Waals surface area contributed by atoms with Crippen LogP contribution < -0.4 is 5.32 Å². The lowest BCUT2D eigenvalue weighted by Gasteiger charge is -2.13. The van der Waals surface area contributed by atoms with E-state index in [1.165, 1.54) is 4.90 Å². The highest BCUT2D eigenvalue weighted by Gasteiger charge is 2.38. The number of hydrogen-bond donors (Lipinski definition) is 2. The fourth-order valence-electron chi connectivity index (χ4n) is 3.16. The quantitative estimate of drug-likeness (QED) is 0.705. The first-order chi connectivity index (χ1) is 12.1. The molecule has 1 aliphatic rings. The molecule has 0 bridgehead atoms. The number of urea groups is 1. The number of carbonyl (C=O) groups excluding carboxylic acids is 2. The molecule has 1 atom stereocenters. The van der Waals surface area contributed by atoms with Crippen LogP contribution in [0.4, 0.5) is 4.79 Å². The highest BCUT2D eigenvalue weighted by atomic mass is 35.5.